The molecule has 0 radical (unpaired) electrons. The fraction of sp³-hybridized carbons (Fsp3) is 0.684. The Bertz CT molecular complexity index is 746. The fourth-order valence-electron chi connectivity index (χ4n) is 3.04. The highest BCUT2D eigenvalue weighted by Gasteiger charge is 2.31. The molecule has 2 aromatic heterocycles. The van der Waals surface area contributed by atoms with Crippen molar-refractivity contribution in [2.45, 2.75) is 64.3 Å². The van der Waals surface area contributed by atoms with Gasteiger partial charge in [0, 0.05) is 36.8 Å². The first kappa shape index (κ1) is 19.9. The van der Waals surface area contributed by atoms with E-state index < -0.39 is 0 Å². The van der Waals surface area contributed by atoms with Gasteiger partial charge in [0.2, 0.25) is 0 Å². The van der Waals surface area contributed by atoms with E-state index in [1.165, 1.54) is 15.8 Å². The lowest BCUT2D eigenvalue weighted by Gasteiger charge is -2.30. The highest BCUT2D eigenvalue weighted by Crippen LogP contribution is 2.41. The molecule has 144 valence electrons. The first-order valence-electron chi connectivity index (χ1n) is 9.44. The average molecular weight is 396 g/mol. The molecule has 0 fully saturated rings. The van der Waals surface area contributed by atoms with Crippen LogP contribution in [-0.2, 0) is 22.5 Å². The third-order valence-corrected chi connectivity index (χ3v) is 6.46. The minimum Gasteiger partial charge on any atom is -0.382 e. The number of anilines is 1. The van der Waals surface area contributed by atoms with E-state index in [2.05, 4.69) is 26.1 Å². The number of hydrogen-bond acceptors (Lipinski definition) is 7. The lowest BCUT2D eigenvalue weighted by atomic mass is 9.94. The molecule has 5 nitrogen and oxygen atoms in total. The lowest BCUT2D eigenvalue weighted by molar-refractivity contribution is -0.0379. The quantitative estimate of drug-likeness (QED) is 0.371. The van der Waals surface area contributed by atoms with Crippen LogP contribution in [0.5, 0.6) is 0 Å². The van der Waals surface area contributed by atoms with Crippen LogP contribution in [-0.4, -0.2) is 41.1 Å². The van der Waals surface area contributed by atoms with Gasteiger partial charge in [0.1, 0.15) is 10.6 Å². The van der Waals surface area contributed by atoms with E-state index >= 15 is 0 Å². The molecule has 0 aliphatic carbocycles. The molecular formula is C19H29N3O2S2. The monoisotopic (exact) mass is 395 g/mol. The minimum absolute atomic E-state index is 0.136. The molecule has 26 heavy (non-hydrogen) atoms. The summed E-state index contributed by atoms with van der Waals surface area (Å²) in [4.78, 5) is 12.1. The van der Waals surface area contributed by atoms with Gasteiger partial charge in [-0.3, -0.25) is 0 Å². The third kappa shape index (κ3) is 4.68. The van der Waals surface area contributed by atoms with Crippen LogP contribution in [0.3, 0.4) is 0 Å². The predicted octanol–water partition coefficient (Wildman–Crippen LogP) is 4.88. The van der Waals surface area contributed by atoms with E-state index in [0.29, 0.717) is 6.61 Å². The van der Waals surface area contributed by atoms with Crippen molar-refractivity contribution < 1.29 is 9.47 Å². The van der Waals surface area contributed by atoms with Crippen LogP contribution in [0.1, 0.15) is 51.0 Å². The number of thiophene rings is 1. The smallest absolute Gasteiger partial charge is 0.190 e. The summed E-state index contributed by atoms with van der Waals surface area (Å²) in [6.45, 7) is 11.6. The zero-order valence-electron chi connectivity index (χ0n) is 16.2. The Balaban J connectivity index is 1.91. The van der Waals surface area contributed by atoms with Crippen LogP contribution in [0, 0.1) is 0 Å². The van der Waals surface area contributed by atoms with Crippen molar-refractivity contribution in [2.75, 3.05) is 30.8 Å². The molecule has 7 heteroatoms. The first-order chi connectivity index (χ1) is 12.5. The zero-order chi connectivity index (χ0) is 18.6. The van der Waals surface area contributed by atoms with Gasteiger partial charge in [0.15, 0.2) is 5.16 Å². The van der Waals surface area contributed by atoms with E-state index in [1.54, 1.807) is 23.1 Å². The van der Waals surface area contributed by atoms with Crippen molar-refractivity contribution in [2.24, 2.45) is 0 Å². The summed E-state index contributed by atoms with van der Waals surface area (Å²) in [5.74, 6) is 2.01. The summed E-state index contributed by atoms with van der Waals surface area (Å²) in [6, 6.07) is 0. The van der Waals surface area contributed by atoms with Crippen molar-refractivity contribution in [1.29, 1.82) is 0 Å². The Morgan fingerprint density at radius 2 is 2.15 bits per heavy atom. The molecule has 3 heterocycles. The Kier molecular flexibility index (Phi) is 6.77. The number of nitrogens with zero attached hydrogens (tertiary/aromatic N) is 2. The highest BCUT2D eigenvalue weighted by atomic mass is 32.2. The standard InChI is InChI=1S/C19H29N3O2S2/c1-5-10-25-18-21-16(20-8-7-9-23-6-2)15-13-11-19(3,4)24-12-14(13)26-17(15)22-18/h5-12H2,1-4H3,(H,20,21,22). The molecule has 0 atom stereocenters. The van der Waals surface area contributed by atoms with E-state index in [1.807, 2.05) is 6.92 Å². The Morgan fingerprint density at radius 3 is 2.92 bits per heavy atom. The number of aromatic nitrogens is 2. The second-order valence-corrected chi connectivity index (χ2v) is 9.24. The molecule has 3 rings (SSSR count). The van der Waals surface area contributed by atoms with Gasteiger partial charge in [-0.25, -0.2) is 9.97 Å². The van der Waals surface area contributed by atoms with E-state index in [9.17, 15) is 0 Å². The average Bonchev–Trinajstić information content (AvgIpc) is 2.96. The molecular weight excluding hydrogens is 366 g/mol. The van der Waals surface area contributed by atoms with E-state index in [0.717, 1.165) is 60.6 Å². The zero-order valence-corrected chi connectivity index (χ0v) is 17.8. The van der Waals surface area contributed by atoms with Gasteiger partial charge in [-0.2, -0.15) is 0 Å². The van der Waals surface area contributed by atoms with Crippen LogP contribution in [0.25, 0.3) is 10.2 Å². The van der Waals surface area contributed by atoms with Crippen LogP contribution in [0.15, 0.2) is 5.16 Å². The number of ether oxygens (including phenoxy) is 2. The van der Waals surface area contributed by atoms with Crippen LogP contribution >= 0.6 is 23.1 Å². The molecule has 1 N–H and O–H groups in total. The highest BCUT2D eigenvalue weighted by molar-refractivity contribution is 7.99. The molecule has 0 bridgehead atoms. The maximum Gasteiger partial charge on any atom is 0.190 e. The van der Waals surface area contributed by atoms with Gasteiger partial charge < -0.3 is 14.8 Å². The normalized spacial score (nSPS) is 16.0. The van der Waals surface area contributed by atoms with Gasteiger partial charge in [-0.05, 0) is 39.2 Å². The largest absolute Gasteiger partial charge is 0.382 e. The second-order valence-electron chi connectivity index (χ2n) is 7.09. The van der Waals surface area contributed by atoms with Gasteiger partial charge in [0.05, 0.1) is 17.6 Å². The predicted molar refractivity (Wildman–Crippen MR) is 111 cm³/mol. The maximum atomic E-state index is 6.00. The van der Waals surface area contributed by atoms with Crippen LogP contribution in [0.2, 0.25) is 0 Å². The number of nitrogens with one attached hydrogen (secondary N) is 1. The summed E-state index contributed by atoms with van der Waals surface area (Å²) in [5, 5.41) is 5.61. The molecule has 1 aliphatic rings. The first-order valence-corrected chi connectivity index (χ1v) is 11.2. The third-order valence-electron chi connectivity index (χ3n) is 4.31. The summed E-state index contributed by atoms with van der Waals surface area (Å²) in [6.07, 6.45) is 2.99. The van der Waals surface area contributed by atoms with Crippen molar-refractivity contribution in [3.05, 3.63) is 10.4 Å². The summed E-state index contributed by atoms with van der Waals surface area (Å²) < 4.78 is 11.4. The summed E-state index contributed by atoms with van der Waals surface area (Å²) in [7, 11) is 0. The van der Waals surface area contributed by atoms with Crippen LogP contribution < -0.4 is 5.32 Å². The van der Waals surface area contributed by atoms with Gasteiger partial charge >= 0.3 is 0 Å². The molecule has 2 aromatic rings. The van der Waals surface area contributed by atoms with Gasteiger partial charge in [0.25, 0.3) is 0 Å². The topological polar surface area (TPSA) is 56.3 Å². The van der Waals surface area contributed by atoms with E-state index in [4.69, 9.17) is 19.4 Å². The van der Waals surface area contributed by atoms with Crippen molar-refractivity contribution in [3.63, 3.8) is 0 Å². The molecule has 0 spiro atoms. The van der Waals surface area contributed by atoms with Gasteiger partial charge in [-0.1, -0.05) is 18.7 Å². The second kappa shape index (κ2) is 8.87. The lowest BCUT2D eigenvalue weighted by Crippen LogP contribution is -2.31. The SMILES string of the molecule is CCCSc1nc(NCCCOCC)c2c3c(sc2n1)COC(C)(C)C3. The number of rotatable bonds is 9. The summed E-state index contributed by atoms with van der Waals surface area (Å²) >= 11 is 3.49. The Hall–Kier alpha value is -0.890. The number of hydrogen-bond donors (Lipinski definition) is 1. The number of fused-ring (bicyclic) bond motifs is 3. The minimum atomic E-state index is -0.136. The van der Waals surface area contributed by atoms with Crippen molar-refractivity contribution >= 4 is 39.1 Å². The Labute approximate surface area is 164 Å². The van der Waals surface area contributed by atoms with Crippen molar-refractivity contribution in [3.8, 4) is 0 Å². The molecule has 0 saturated carbocycles. The van der Waals surface area contributed by atoms with Crippen molar-refractivity contribution in [1.82, 2.24) is 9.97 Å². The molecule has 0 saturated heterocycles. The molecule has 0 unspecified atom stereocenters. The molecule has 1 aliphatic heterocycles. The summed E-state index contributed by atoms with van der Waals surface area (Å²) in [5.41, 5.74) is 1.23. The Morgan fingerprint density at radius 1 is 1.31 bits per heavy atom. The molecule has 0 aromatic carbocycles. The van der Waals surface area contributed by atoms with Crippen LogP contribution in [0.4, 0.5) is 5.82 Å². The maximum absolute atomic E-state index is 6.00. The van der Waals surface area contributed by atoms with Gasteiger partial charge in [-0.15, -0.1) is 11.3 Å². The number of thioether (sulfide) groups is 1. The fourth-order valence-corrected chi connectivity index (χ4v) is 4.90. The van der Waals surface area contributed by atoms with E-state index in [-0.39, 0.29) is 5.60 Å². The molecule has 0 amide bonds.